The Labute approximate surface area is 180 Å². The van der Waals surface area contributed by atoms with Crippen molar-refractivity contribution in [1.82, 2.24) is 0 Å². The molecule has 0 amide bonds. The molecule has 0 bridgehead atoms. The normalized spacial score (nSPS) is 30.9. The molecule has 2 N–H and O–H groups in total. The van der Waals surface area contributed by atoms with E-state index in [2.05, 4.69) is 6.08 Å². The minimum absolute atomic E-state index is 0.281. The molecule has 3 atom stereocenters. The third kappa shape index (κ3) is 8.64. The minimum Gasteiger partial charge on any atom is -0.452 e. The molecule has 5 heteroatoms. The van der Waals surface area contributed by atoms with E-state index in [0.717, 1.165) is 18.4 Å². The number of hydrogen-bond acceptors (Lipinski definition) is 5. The molecule has 0 radical (unpaired) electrons. The Morgan fingerprint density at radius 3 is 2.43 bits per heavy atom. The van der Waals surface area contributed by atoms with E-state index in [-0.39, 0.29) is 23.4 Å². The lowest BCUT2D eigenvalue weighted by Gasteiger charge is -2.29. The maximum atomic E-state index is 12.5. The summed E-state index contributed by atoms with van der Waals surface area (Å²) >= 11 is 0. The maximum absolute atomic E-state index is 12.5. The topological polar surface area (TPSA) is 83.8 Å². The zero-order chi connectivity index (χ0) is 22.9. The summed E-state index contributed by atoms with van der Waals surface area (Å²) in [4.78, 5) is 24.7. The number of aliphatic hydroxyl groups excluding tert-OH is 1. The van der Waals surface area contributed by atoms with Crippen molar-refractivity contribution in [2.45, 2.75) is 72.5 Å². The number of ketones is 1. The van der Waals surface area contributed by atoms with Crippen LogP contribution in [0.1, 0.15) is 60.8 Å². The van der Waals surface area contributed by atoms with Crippen molar-refractivity contribution in [3.8, 4) is 0 Å². The summed E-state index contributed by atoms with van der Waals surface area (Å²) in [6.45, 7) is 10.8. The van der Waals surface area contributed by atoms with Crippen molar-refractivity contribution in [3.63, 3.8) is 0 Å². The van der Waals surface area contributed by atoms with Gasteiger partial charge < -0.3 is 14.9 Å². The average molecular weight is 417 g/mol. The Morgan fingerprint density at radius 2 is 1.87 bits per heavy atom. The fraction of sp³-hybridized carbons (Fsp3) is 0.520. The van der Waals surface area contributed by atoms with Crippen LogP contribution < -0.4 is 0 Å². The van der Waals surface area contributed by atoms with Gasteiger partial charge in [-0.05, 0) is 77.5 Å². The van der Waals surface area contributed by atoms with Crippen LogP contribution in [0, 0.1) is 5.41 Å². The molecule has 0 aliphatic heterocycles. The van der Waals surface area contributed by atoms with Gasteiger partial charge >= 0.3 is 5.97 Å². The third-order valence-corrected chi connectivity index (χ3v) is 5.04. The van der Waals surface area contributed by atoms with E-state index in [0.29, 0.717) is 6.42 Å². The SMILES string of the molecule is CC(C)=CCC[C@]1(C)/C=C\[C@@H](OC(=O)C=C(C)C)[C@](C)(O)/C=C\C(=O)/C(CO)=C\C1. The molecule has 0 spiro atoms. The molecule has 166 valence electrons. The second kappa shape index (κ2) is 11.2. The van der Waals surface area contributed by atoms with Crippen LogP contribution in [0.25, 0.3) is 0 Å². The van der Waals surface area contributed by atoms with Gasteiger partial charge in [-0.25, -0.2) is 4.79 Å². The number of carbonyl (C=O) groups is 2. The zero-order valence-corrected chi connectivity index (χ0v) is 19.1. The van der Waals surface area contributed by atoms with E-state index in [1.165, 1.54) is 30.7 Å². The standard InChI is InChI=1S/C25H36O5/c1-18(2)8-7-12-24(5)13-9-20(17-26)21(27)10-15-25(6,29)22(11-14-24)30-23(28)16-19(3)4/h8-11,14-16,22,26,29H,7,12-13,17H2,1-6H3/b14-11-,15-10-,20-9-/t22-,24+,25-/m1/s1. The summed E-state index contributed by atoms with van der Waals surface area (Å²) in [7, 11) is 0. The van der Waals surface area contributed by atoms with Gasteiger partial charge in [0.25, 0.3) is 0 Å². The first-order chi connectivity index (χ1) is 13.9. The Morgan fingerprint density at radius 1 is 1.20 bits per heavy atom. The lowest BCUT2D eigenvalue weighted by atomic mass is 9.80. The first-order valence-corrected chi connectivity index (χ1v) is 10.3. The number of rotatable bonds is 6. The molecule has 1 rings (SSSR count). The average Bonchev–Trinajstić information content (AvgIpc) is 2.63. The molecule has 0 saturated heterocycles. The van der Waals surface area contributed by atoms with Crippen LogP contribution in [0.2, 0.25) is 0 Å². The van der Waals surface area contributed by atoms with Crippen LogP contribution in [0.3, 0.4) is 0 Å². The van der Waals surface area contributed by atoms with E-state index in [9.17, 15) is 19.8 Å². The van der Waals surface area contributed by atoms with Gasteiger partial charge in [0, 0.05) is 11.6 Å². The van der Waals surface area contributed by atoms with E-state index < -0.39 is 17.7 Å². The van der Waals surface area contributed by atoms with Crippen molar-refractivity contribution < 1.29 is 24.5 Å². The number of carbonyl (C=O) groups excluding carboxylic acids is 2. The number of esters is 1. The molecule has 0 fully saturated rings. The fourth-order valence-corrected chi connectivity index (χ4v) is 3.06. The number of hydrogen-bond donors (Lipinski definition) is 2. The molecular weight excluding hydrogens is 380 g/mol. The number of aliphatic hydroxyl groups is 2. The second-order valence-corrected chi connectivity index (χ2v) is 8.93. The summed E-state index contributed by atoms with van der Waals surface area (Å²) < 4.78 is 5.52. The summed E-state index contributed by atoms with van der Waals surface area (Å²) in [5.74, 6) is -0.930. The quantitative estimate of drug-likeness (QED) is 0.382. The number of ether oxygens (including phenoxy) is 1. The summed E-state index contributed by atoms with van der Waals surface area (Å²) in [5.41, 5.74) is 0.344. The highest BCUT2D eigenvalue weighted by Crippen LogP contribution is 2.33. The Balaban J connectivity index is 3.38. The largest absolute Gasteiger partial charge is 0.452 e. The van der Waals surface area contributed by atoms with Gasteiger partial charge in [-0.3, -0.25) is 4.79 Å². The molecule has 5 nitrogen and oxygen atoms in total. The van der Waals surface area contributed by atoms with Gasteiger partial charge in [-0.1, -0.05) is 36.3 Å². The van der Waals surface area contributed by atoms with E-state index >= 15 is 0 Å². The van der Waals surface area contributed by atoms with Crippen molar-refractivity contribution in [2.75, 3.05) is 6.61 Å². The van der Waals surface area contributed by atoms with Crippen LogP contribution in [0.4, 0.5) is 0 Å². The highest BCUT2D eigenvalue weighted by molar-refractivity contribution is 6.04. The monoisotopic (exact) mass is 416 g/mol. The van der Waals surface area contributed by atoms with Gasteiger partial charge in [-0.2, -0.15) is 0 Å². The summed E-state index contributed by atoms with van der Waals surface area (Å²) in [6, 6.07) is 0. The molecule has 0 aromatic carbocycles. The first kappa shape index (κ1) is 25.8. The molecular formula is C25H36O5. The molecule has 0 unspecified atom stereocenters. The highest BCUT2D eigenvalue weighted by atomic mass is 16.6. The maximum Gasteiger partial charge on any atom is 0.331 e. The predicted octanol–water partition coefficient (Wildman–Crippen LogP) is 4.37. The van der Waals surface area contributed by atoms with Gasteiger partial charge in [0.05, 0.1) is 6.61 Å². The Hall–Kier alpha value is -2.24. The first-order valence-electron chi connectivity index (χ1n) is 10.3. The van der Waals surface area contributed by atoms with Gasteiger partial charge in [0.15, 0.2) is 11.9 Å². The van der Waals surface area contributed by atoms with Crippen molar-refractivity contribution in [1.29, 1.82) is 0 Å². The smallest absolute Gasteiger partial charge is 0.331 e. The van der Waals surface area contributed by atoms with Crippen molar-refractivity contribution >= 4 is 11.8 Å². The Bertz CT molecular complexity index is 771. The molecule has 0 heterocycles. The fourth-order valence-electron chi connectivity index (χ4n) is 3.06. The lowest BCUT2D eigenvalue weighted by molar-refractivity contribution is -0.148. The molecule has 1 aliphatic rings. The van der Waals surface area contributed by atoms with Crippen LogP contribution in [-0.4, -0.2) is 40.3 Å². The summed E-state index contributed by atoms with van der Waals surface area (Å²) in [5, 5.41) is 20.6. The molecule has 0 aromatic rings. The zero-order valence-electron chi connectivity index (χ0n) is 19.1. The van der Waals surface area contributed by atoms with Crippen LogP contribution >= 0.6 is 0 Å². The van der Waals surface area contributed by atoms with E-state index in [1.807, 2.05) is 26.8 Å². The van der Waals surface area contributed by atoms with Crippen LogP contribution in [-0.2, 0) is 14.3 Å². The molecule has 1 aliphatic carbocycles. The van der Waals surface area contributed by atoms with Crippen LogP contribution in [0.5, 0.6) is 0 Å². The second-order valence-electron chi connectivity index (χ2n) is 8.93. The molecule has 0 saturated carbocycles. The summed E-state index contributed by atoms with van der Waals surface area (Å²) in [6.07, 6.45) is 12.7. The van der Waals surface area contributed by atoms with Gasteiger partial charge in [0.1, 0.15) is 5.60 Å². The predicted molar refractivity (Wildman–Crippen MR) is 120 cm³/mol. The minimum atomic E-state index is -1.59. The van der Waals surface area contributed by atoms with Crippen molar-refractivity contribution in [3.05, 3.63) is 59.3 Å². The molecule has 30 heavy (non-hydrogen) atoms. The Kier molecular flexibility index (Phi) is 9.66. The third-order valence-electron chi connectivity index (χ3n) is 5.04. The number of allylic oxidation sites excluding steroid dienone is 6. The van der Waals surface area contributed by atoms with Crippen molar-refractivity contribution in [2.24, 2.45) is 5.41 Å². The van der Waals surface area contributed by atoms with Crippen LogP contribution in [0.15, 0.2) is 59.3 Å². The van der Waals surface area contributed by atoms with E-state index in [1.54, 1.807) is 26.0 Å². The lowest BCUT2D eigenvalue weighted by Crippen LogP contribution is -2.39. The van der Waals surface area contributed by atoms with Gasteiger partial charge in [-0.15, -0.1) is 0 Å². The van der Waals surface area contributed by atoms with E-state index in [4.69, 9.17) is 4.74 Å². The highest BCUT2D eigenvalue weighted by Gasteiger charge is 2.32. The van der Waals surface area contributed by atoms with Gasteiger partial charge in [0.2, 0.25) is 0 Å². The molecule has 0 aromatic heterocycles.